The molecule has 1 aromatic heterocycles. The fourth-order valence-corrected chi connectivity index (χ4v) is 1.03. The summed E-state index contributed by atoms with van der Waals surface area (Å²) in [4.78, 5) is 7.68. The lowest BCUT2D eigenvalue weighted by Gasteiger charge is -2.11. The van der Waals surface area contributed by atoms with Gasteiger partial charge in [0.2, 0.25) is 0 Å². The van der Waals surface area contributed by atoms with E-state index < -0.39 is 5.15 Å². The molecule has 2 N–H and O–H groups in total. The van der Waals surface area contributed by atoms with E-state index in [1.807, 2.05) is 18.5 Å². The van der Waals surface area contributed by atoms with E-state index in [0.29, 0.717) is 5.69 Å². The Morgan fingerprint density at radius 1 is 1.38 bits per heavy atom. The van der Waals surface area contributed by atoms with Gasteiger partial charge in [0.25, 0.3) is 0 Å². The summed E-state index contributed by atoms with van der Waals surface area (Å²) in [7, 11) is 5.74. The van der Waals surface area contributed by atoms with Crippen LogP contribution in [0.25, 0.3) is 0 Å². The van der Waals surface area contributed by atoms with Gasteiger partial charge in [-0.05, 0) is 0 Å². The molecule has 0 aliphatic carbocycles. The predicted octanol–water partition coefficient (Wildman–Crippen LogP) is 0.853. The number of halogens is 1. The van der Waals surface area contributed by atoms with Gasteiger partial charge in [0, 0.05) is 7.05 Å². The average molecular weight is 220 g/mol. The Kier molecular flexibility index (Phi) is 3.48. The Hall–Kier alpha value is -0.370. The zero-order valence-corrected chi connectivity index (χ0v) is 9.39. The van der Waals surface area contributed by atoms with Gasteiger partial charge in [-0.1, -0.05) is 18.5 Å². The highest BCUT2D eigenvalue weighted by Gasteiger charge is 2.22. The lowest BCUT2D eigenvalue weighted by molar-refractivity contribution is 0.404. The number of aromatic nitrogens is 2. The Morgan fingerprint density at radius 3 is 2.31 bits per heavy atom. The van der Waals surface area contributed by atoms with E-state index in [4.69, 9.17) is 0 Å². The Morgan fingerprint density at radius 2 is 1.92 bits per heavy atom. The van der Waals surface area contributed by atoms with Crippen LogP contribution in [0.2, 0.25) is 0 Å². The van der Waals surface area contributed by atoms with E-state index in [9.17, 15) is 4.39 Å². The summed E-state index contributed by atoms with van der Waals surface area (Å²) in [6.07, 6.45) is 3.00. The van der Waals surface area contributed by atoms with Gasteiger partial charge in [0.15, 0.2) is 11.0 Å². The zero-order chi connectivity index (χ0) is 9.90. The molecule has 0 amide bonds. The normalized spacial score (nSPS) is 11.4. The minimum Gasteiger partial charge on any atom is -0.319 e. The van der Waals surface area contributed by atoms with Crippen LogP contribution in [0.5, 0.6) is 0 Å². The topological polar surface area (TPSA) is 49.8 Å². The maximum absolute atomic E-state index is 13.2. The molecule has 2 unspecified atom stereocenters. The number of nitrogens with one attached hydrogen (secondary N) is 2. The van der Waals surface area contributed by atoms with Crippen molar-refractivity contribution in [3.05, 3.63) is 18.2 Å². The first-order chi connectivity index (χ1) is 6.04. The number of hydrogen-bond donors (Lipinski definition) is 2. The van der Waals surface area contributed by atoms with Crippen molar-refractivity contribution in [1.82, 2.24) is 15.4 Å². The number of alkyl halides is 1. The number of hydrazine groups is 1. The molecule has 4 nitrogen and oxygen atoms in total. The van der Waals surface area contributed by atoms with E-state index in [-0.39, 0.29) is 5.82 Å². The molecular formula is C6H11FN4P2. The SMILES string of the molecule is CNNc1cnc(C(F)(P)P)nc1. The lowest BCUT2D eigenvalue weighted by atomic mass is 10.5. The Balaban J connectivity index is 2.81. The monoisotopic (exact) mass is 220 g/mol. The van der Waals surface area contributed by atoms with E-state index in [1.54, 1.807) is 7.05 Å². The first-order valence-electron chi connectivity index (χ1n) is 3.56. The summed E-state index contributed by atoms with van der Waals surface area (Å²) in [5.74, 6) is 0.115. The van der Waals surface area contributed by atoms with Crippen LogP contribution in [-0.4, -0.2) is 17.0 Å². The van der Waals surface area contributed by atoms with Crippen LogP contribution in [0, 0.1) is 0 Å². The molecule has 0 aromatic carbocycles. The molecule has 0 saturated heterocycles. The second-order valence-corrected chi connectivity index (χ2v) is 4.79. The fourth-order valence-electron chi connectivity index (χ4n) is 0.735. The molecule has 1 aromatic rings. The number of rotatable bonds is 3. The van der Waals surface area contributed by atoms with Crippen molar-refractivity contribution in [2.24, 2.45) is 0 Å². The van der Waals surface area contributed by atoms with Gasteiger partial charge in [0.05, 0.1) is 18.1 Å². The largest absolute Gasteiger partial charge is 0.319 e. The van der Waals surface area contributed by atoms with Crippen LogP contribution in [0.15, 0.2) is 12.4 Å². The molecule has 0 bridgehead atoms. The molecule has 1 rings (SSSR count). The van der Waals surface area contributed by atoms with Crippen molar-refractivity contribution in [3.63, 3.8) is 0 Å². The van der Waals surface area contributed by atoms with Crippen molar-refractivity contribution >= 4 is 24.2 Å². The molecule has 13 heavy (non-hydrogen) atoms. The van der Waals surface area contributed by atoms with E-state index >= 15 is 0 Å². The van der Waals surface area contributed by atoms with Gasteiger partial charge in [-0.15, -0.1) is 0 Å². The van der Waals surface area contributed by atoms with Gasteiger partial charge >= 0.3 is 0 Å². The molecule has 0 saturated carbocycles. The molecule has 0 aliphatic rings. The summed E-state index contributed by atoms with van der Waals surface area (Å²) in [5, 5.41) is -1.65. The van der Waals surface area contributed by atoms with Crippen molar-refractivity contribution in [2.45, 2.75) is 5.15 Å². The molecule has 0 fully saturated rings. The molecular weight excluding hydrogens is 209 g/mol. The highest BCUT2D eigenvalue weighted by atomic mass is 31.1. The quantitative estimate of drug-likeness (QED) is 0.585. The fraction of sp³-hybridized carbons (Fsp3) is 0.333. The summed E-state index contributed by atoms with van der Waals surface area (Å²) in [6.45, 7) is 0. The predicted molar refractivity (Wildman–Crippen MR) is 56.9 cm³/mol. The van der Waals surface area contributed by atoms with Gasteiger partial charge in [-0.2, -0.15) is 0 Å². The van der Waals surface area contributed by atoms with Crippen LogP contribution < -0.4 is 10.9 Å². The molecule has 0 radical (unpaired) electrons. The summed E-state index contributed by atoms with van der Waals surface area (Å²) in [6, 6.07) is 0. The molecule has 1 heterocycles. The Bertz CT molecular complexity index is 271. The Labute approximate surface area is 80.5 Å². The molecule has 72 valence electrons. The second-order valence-electron chi connectivity index (χ2n) is 2.44. The number of hydrogen-bond acceptors (Lipinski definition) is 4. The third-order valence-electron chi connectivity index (χ3n) is 1.26. The minimum absolute atomic E-state index is 0.115. The highest BCUT2D eigenvalue weighted by molar-refractivity contribution is 7.38. The molecule has 2 atom stereocenters. The maximum atomic E-state index is 13.2. The van der Waals surface area contributed by atoms with Gasteiger partial charge in [0.1, 0.15) is 0 Å². The second kappa shape index (κ2) is 4.23. The van der Waals surface area contributed by atoms with E-state index in [1.165, 1.54) is 12.4 Å². The van der Waals surface area contributed by atoms with Crippen molar-refractivity contribution in [2.75, 3.05) is 12.5 Å². The van der Waals surface area contributed by atoms with Crippen LogP contribution in [0.4, 0.5) is 10.1 Å². The zero-order valence-electron chi connectivity index (χ0n) is 7.08. The van der Waals surface area contributed by atoms with Crippen LogP contribution in [0.3, 0.4) is 0 Å². The van der Waals surface area contributed by atoms with E-state index in [2.05, 4.69) is 20.8 Å². The summed E-state index contributed by atoms with van der Waals surface area (Å²) < 4.78 is 13.2. The maximum Gasteiger partial charge on any atom is 0.194 e. The summed E-state index contributed by atoms with van der Waals surface area (Å²) >= 11 is 0. The number of nitrogens with zero attached hydrogens (tertiary/aromatic N) is 2. The smallest absolute Gasteiger partial charge is 0.194 e. The first kappa shape index (κ1) is 10.7. The minimum atomic E-state index is -1.65. The molecule has 0 spiro atoms. The van der Waals surface area contributed by atoms with Crippen molar-refractivity contribution in [1.29, 1.82) is 0 Å². The highest BCUT2D eigenvalue weighted by Crippen LogP contribution is 2.37. The van der Waals surface area contributed by atoms with Gasteiger partial charge in [-0.25, -0.2) is 19.8 Å². The first-order valence-corrected chi connectivity index (χ1v) is 4.71. The average Bonchev–Trinajstić information content (AvgIpc) is 2.04. The van der Waals surface area contributed by atoms with Crippen molar-refractivity contribution in [3.8, 4) is 0 Å². The van der Waals surface area contributed by atoms with E-state index in [0.717, 1.165) is 0 Å². The third kappa shape index (κ3) is 3.11. The van der Waals surface area contributed by atoms with Crippen LogP contribution >= 0.6 is 18.5 Å². The van der Waals surface area contributed by atoms with Gasteiger partial charge < -0.3 is 5.43 Å². The summed E-state index contributed by atoms with van der Waals surface area (Å²) in [5.41, 5.74) is 6.17. The van der Waals surface area contributed by atoms with Crippen molar-refractivity contribution < 1.29 is 4.39 Å². The lowest BCUT2D eigenvalue weighted by Crippen LogP contribution is -2.16. The van der Waals surface area contributed by atoms with Gasteiger partial charge in [-0.3, -0.25) is 0 Å². The van der Waals surface area contributed by atoms with Crippen LogP contribution in [-0.2, 0) is 5.15 Å². The third-order valence-corrected chi connectivity index (χ3v) is 1.78. The number of anilines is 1. The molecule has 7 heteroatoms. The van der Waals surface area contributed by atoms with Crippen LogP contribution in [0.1, 0.15) is 5.82 Å². The standard InChI is InChI=1S/C6H11FN4P2/c1-8-11-4-2-9-5(10-3-4)6(7,12)13/h2-3,8,11H,12-13H2,1H3. The molecule has 0 aliphatic heterocycles.